The molecule has 1 heterocycles. The van der Waals surface area contributed by atoms with Crippen LogP contribution in [0.15, 0.2) is 0 Å². The van der Waals surface area contributed by atoms with Crippen LogP contribution in [0, 0.1) is 0 Å². The Hall–Kier alpha value is 0.0200. The topological polar surface area (TPSA) is 46.5 Å². The van der Waals surface area contributed by atoms with E-state index in [2.05, 4.69) is 4.52 Å². The van der Waals surface area contributed by atoms with Gasteiger partial charge in [-0.25, -0.2) is 0 Å². The first-order valence-electron chi connectivity index (χ1n) is 2.04. The van der Waals surface area contributed by atoms with Crippen molar-refractivity contribution < 1.29 is 14.2 Å². The molecule has 1 N–H and O–H groups in total. The van der Waals surface area contributed by atoms with E-state index in [0.29, 0.717) is 6.16 Å². The lowest BCUT2D eigenvalue weighted by atomic mass is 10.5. The van der Waals surface area contributed by atoms with Crippen molar-refractivity contribution in [2.45, 2.75) is 6.10 Å². The van der Waals surface area contributed by atoms with E-state index in [4.69, 9.17) is 5.11 Å². The molecule has 40 valence electrons. The van der Waals surface area contributed by atoms with E-state index in [1.807, 2.05) is 0 Å². The maximum absolute atomic E-state index is 10.2. The van der Waals surface area contributed by atoms with E-state index in [1.165, 1.54) is 0 Å². The van der Waals surface area contributed by atoms with Gasteiger partial charge in [-0.05, 0) is 4.57 Å². The number of aliphatic hydroxyl groups excluding tert-OH is 1. The SMILES string of the molecule is O=[P+]1CC(O)CO1. The van der Waals surface area contributed by atoms with Crippen molar-refractivity contribution in [2.75, 3.05) is 12.8 Å². The Bertz CT molecular complexity index is 92.2. The van der Waals surface area contributed by atoms with Crippen LogP contribution >= 0.6 is 8.03 Å². The molecule has 1 rings (SSSR count). The molecular formula is C3H6O3P+. The zero-order chi connectivity index (χ0) is 5.28. The molecule has 0 aliphatic carbocycles. The molecule has 1 aliphatic heterocycles. The van der Waals surface area contributed by atoms with Gasteiger partial charge in [0.25, 0.3) is 0 Å². The monoisotopic (exact) mass is 121 g/mol. The zero-order valence-electron chi connectivity index (χ0n) is 3.70. The van der Waals surface area contributed by atoms with Crippen LogP contribution in [0.25, 0.3) is 0 Å². The van der Waals surface area contributed by atoms with Crippen LogP contribution in [0.3, 0.4) is 0 Å². The van der Waals surface area contributed by atoms with Crippen LogP contribution in [0.1, 0.15) is 0 Å². The minimum Gasteiger partial charge on any atom is -0.386 e. The lowest BCUT2D eigenvalue weighted by Crippen LogP contribution is -2.06. The highest BCUT2D eigenvalue weighted by atomic mass is 31.1. The molecule has 0 aromatic heterocycles. The largest absolute Gasteiger partial charge is 0.511 e. The summed E-state index contributed by atoms with van der Waals surface area (Å²) < 4.78 is 14.7. The van der Waals surface area contributed by atoms with Crippen LogP contribution in [0.5, 0.6) is 0 Å². The highest BCUT2D eigenvalue weighted by Gasteiger charge is 2.32. The van der Waals surface area contributed by atoms with Crippen molar-refractivity contribution in [1.29, 1.82) is 0 Å². The van der Waals surface area contributed by atoms with Crippen LogP contribution in [0.4, 0.5) is 0 Å². The average molecular weight is 121 g/mol. The van der Waals surface area contributed by atoms with Crippen LogP contribution in [-0.4, -0.2) is 24.0 Å². The first-order chi connectivity index (χ1) is 3.29. The summed E-state index contributed by atoms with van der Waals surface area (Å²) in [5.41, 5.74) is 0. The molecule has 3 nitrogen and oxygen atoms in total. The Morgan fingerprint density at radius 2 is 2.57 bits per heavy atom. The molecule has 0 radical (unpaired) electrons. The molecule has 2 atom stereocenters. The van der Waals surface area contributed by atoms with Gasteiger partial charge in [0.1, 0.15) is 12.7 Å². The Kier molecular flexibility index (Phi) is 1.38. The van der Waals surface area contributed by atoms with E-state index in [0.717, 1.165) is 0 Å². The molecule has 0 aromatic rings. The smallest absolute Gasteiger partial charge is 0.386 e. The van der Waals surface area contributed by atoms with Gasteiger partial charge < -0.3 is 5.11 Å². The van der Waals surface area contributed by atoms with Gasteiger partial charge in [0.05, 0.1) is 0 Å². The molecule has 0 saturated carbocycles. The summed E-state index contributed by atoms with van der Waals surface area (Å²) in [4.78, 5) is 0. The number of aliphatic hydroxyl groups is 1. The molecular weight excluding hydrogens is 115 g/mol. The summed E-state index contributed by atoms with van der Waals surface area (Å²) in [6.45, 7) is 0.245. The minimum absolute atomic E-state index is 0.245. The van der Waals surface area contributed by atoms with E-state index >= 15 is 0 Å². The van der Waals surface area contributed by atoms with Gasteiger partial charge in [-0.3, -0.25) is 0 Å². The van der Waals surface area contributed by atoms with Gasteiger partial charge in [-0.2, -0.15) is 0 Å². The van der Waals surface area contributed by atoms with Gasteiger partial charge in [-0.1, -0.05) is 0 Å². The Labute approximate surface area is 42.2 Å². The van der Waals surface area contributed by atoms with Crippen molar-refractivity contribution in [1.82, 2.24) is 0 Å². The third kappa shape index (κ3) is 1.20. The number of hydrogen-bond donors (Lipinski definition) is 1. The molecule has 0 amide bonds. The van der Waals surface area contributed by atoms with Crippen molar-refractivity contribution in [3.63, 3.8) is 0 Å². The second-order valence-electron chi connectivity index (χ2n) is 1.46. The van der Waals surface area contributed by atoms with Gasteiger partial charge in [0.15, 0.2) is 0 Å². The van der Waals surface area contributed by atoms with Gasteiger partial charge in [0, 0.05) is 0 Å². The quantitative estimate of drug-likeness (QED) is 0.463. The fourth-order valence-electron chi connectivity index (χ4n) is 0.447. The second kappa shape index (κ2) is 1.86. The number of hydrogen-bond acceptors (Lipinski definition) is 3. The van der Waals surface area contributed by atoms with Crippen molar-refractivity contribution in [3.8, 4) is 0 Å². The van der Waals surface area contributed by atoms with Gasteiger partial charge in [-0.15, -0.1) is 4.52 Å². The summed E-state index contributed by atoms with van der Waals surface area (Å²) in [5.74, 6) is 0. The van der Waals surface area contributed by atoms with Crippen LogP contribution < -0.4 is 0 Å². The van der Waals surface area contributed by atoms with Crippen molar-refractivity contribution >= 4 is 8.03 Å². The highest BCUT2D eigenvalue weighted by molar-refractivity contribution is 7.39. The summed E-state index contributed by atoms with van der Waals surface area (Å²) in [6.07, 6.45) is -0.168. The highest BCUT2D eigenvalue weighted by Crippen LogP contribution is 2.29. The molecule has 7 heavy (non-hydrogen) atoms. The lowest BCUT2D eigenvalue weighted by Gasteiger charge is -1.81. The van der Waals surface area contributed by atoms with E-state index in [-0.39, 0.29) is 6.61 Å². The third-order valence-corrected chi connectivity index (χ3v) is 1.93. The summed E-state index contributed by atoms with van der Waals surface area (Å²) in [6, 6.07) is 0. The van der Waals surface area contributed by atoms with Gasteiger partial charge in [0.2, 0.25) is 6.16 Å². The normalized spacial score (nSPS) is 36.7. The van der Waals surface area contributed by atoms with E-state index in [9.17, 15) is 4.57 Å². The lowest BCUT2D eigenvalue weighted by molar-refractivity contribution is 0.158. The summed E-state index contributed by atoms with van der Waals surface area (Å²) >= 11 is 0. The standard InChI is InChI=1S/C3H6O3P/c4-3-1-6-7(5)2-3/h3-4H,1-2H2/q+1. The molecule has 1 fully saturated rings. The maximum atomic E-state index is 10.2. The Morgan fingerprint density at radius 3 is 2.71 bits per heavy atom. The zero-order valence-corrected chi connectivity index (χ0v) is 4.60. The van der Waals surface area contributed by atoms with Crippen LogP contribution in [0.2, 0.25) is 0 Å². The fraction of sp³-hybridized carbons (Fsp3) is 1.00. The summed E-state index contributed by atoms with van der Waals surface area (Å²) in [5, 5.41) is 8.59. The van der Waals surface area contributed by atoms with Gasteiger partial charge >= 0.3 is 8.03 Å². The molecule has 0 aromatic carbocycles. The Morgan fingerprint density at radius 1 is 1.86 bits per heavy atom. The van der Waals surface area contributed by atoms with Crippen molar-refractivity contribution in [3.05, 3.63) is 0 Å². The average Bonchev–Trinajstić information content (AvgIpc) is 1.87. The summed E-state index contributed by atoms with van der Waals surface area (Å²) in [7, 11) is -1.50. The van der Waals surface area contributed by atoms with Crippen molar-refractivity contribution in [2.24, 2.45) is 0 Å². The first kappa shape index (κ1) is 5.16. The second-order valence-corrected chi connectivity index (χ2v) is 2.75. The van der Waals surface area contributed by atoms with E-state index in [1.54, 1.807) is 0 Å². The predicted molar refractivity (Wildman–Crippen MR) is 24.4 cm³/mol. The van der Waals surface area contributed by atoms with E-state index < -0.39 is 14.1 Å². The molecule has 1 saturated heterocycles. The molecule has 0 bridgehead atoms. The van der Waals surface area contributed by atoms with Crippen LogP contribution in [-0.2, 0) is 9.09 Å². The number of rotatable bonds is 0. The predicted octanol–water partition coefficient (Wildman–Crippen LogP) is 0.120. The Balaban J connectivity index is 2.40. The third-order valence-electron chi connectivity index (χ3n) is 0.771. The molecule has 0 spiro atoms. The fourth-order valence-corrected chi connectivity index (χ4v) is 1.34. The molecule has 4 heteroatoms. The first-order valence-corrected chi connectivity index (χ1v) is 3.41. The maximum Gasteiger partial charge on any atom is 0.511 e. The molecule has 2 unspecified atom stereocenters. The molecule has 1 aliphatic rings. The minimum atomic E-state index is -1.50.